The van der Waals surface area contributed by atoms with Gasteiger partial charge in [0.05, 0.1) is 0 Å². The molecule has 0 atom stereocenters. The molecule has 1 heterocycles. The zero-order chi connectivity index (χ0) is 9.52. The van der Waals surface area contributed by atoms with Crippen LogP contribution < -0.4 is 5.32 Å². The molecule has 0 unspecified atom stereocenters. The van der Waals surface area contributed by atoms with Gasteiger partial charge in [-0.15, -0.1) is 0 Å². The molecule has 3 N–H and O–H groups in total. The van der Waals surface area contributed by atoms with Gasteiger partial charge in [0, 0.05) is 24.9 Å². The number of rotatable bonds is 6. The van der Waals surface area contributed by atoms with E-state index in [4.69, 9.17) is 5.11 Å². The molecular formula is C8H13N3O2. The van der Waals surface area contributed by atoms with Crippen molar-refractivity contribution in [2.24, 2.45) is 0 Å². The Balaban J connectivity index is 1.99. The maximum Gasteiger partial charge on any atom is 0.303 e. The predicted molar refractivity (Wildman–Crippen MR) is 47.2 cm³/mol. The number of carboxylic acid groups (broad SMARTS) is 1. The molecule has 0 bridgehead atoms. The van der Waals surface area contributed by atoms with Gasteiger partial charge in [-0.05, 0) is 19.0 Å². The van der Waals surface area contributed by atoms with Gasteiger partial charge in [-0.2, -0.15) is 5.10 Å². The number of hydrogen-bond donors (Lipinski definition) is 3. The van der Waals surface area contributed by atoms with Crippen molar-refractivity contribution in [2.75, 3.05) is 6.54 Å². The molecule has 5 heteroatoms. The van der Waals surface area contributed by atoms with E-state index in [1.165, 1.54) is 0 Å². The van der Waals surface area contributed by atoms with E-state index in [-0.39, 0.29) is 6.42 Å². The van der Waals surface area contributed by atoms with Crippen LogP contribution in [-0.4, -0.2) is 27.8 Å². The molecule has 0 saturated heterocycles. The van der Waals surface area contributed by atoms with E-state index < -0.39 is 5.97 Å². The largest absolute Gasteiger partial charge is 0.481 e. The number of carbonyl (C=O) groups is 1. The molecule has 0 radical (unpaired) electrons. The molecule has 13 heavy (non-hydrogen) atoms. The summed E-state index contributed by atoms with van der Waals surface area (Å²) in [5.74, 6) is -0.747. The molecule has 1 aromatic heterocycles. The molecule has 0 amide bonds. The molecule has 5 nitrogen and oxygen atoms in total. The maximum atomic E-state index is 10.1. The zero-order valence-electron chi connectivity index (χ0n) is 7.29. The van der Waals surface area contributed by atoms with Crippen molar-refractivity contribution in [2.45, 2.75) is 19.4 Å². The Morgan fingerprint density at radius 1 is 1.69 bits per heavy atom. The minimum atomic E-state index is -0.747. The molecule has 1 rings (SSSR count). The van der Waals surface area contributed by atoms with Crippen LogP contribution >= 0.6 is 0 Å². The van der Waals surface area contributed by atoms with Crippen LogP contribution in [0, 0.1) is 0 Å². The summed E-state index contributed by atoms with van der Waals surface area (Å²) < 4.78 is 0. The molecule has 0 aromatic carbocycles. The van der Waals surface area contributed by atoms with Gasteiger partial charge in [-0.3, -0.25) is 9.89 Å². The highest BCUT2D eigenvalue weighted by Gasteiger charge is 1.96. The Morgan fingerprint density at radius 2 is 2.54 bits per heavy atom. The van der Waals surface area contributed by atoms with Gasteiger partial charge in [0.15, 0.2) is 0 Å². The molecule has 0 fully saturated rings. The maximum absolute atomic E-state index is 10.1. The molecular weight excluding hydrogens is 170 g/mol. The lowest BCUT2D eigenvalue weighted by molar-refractivity contribution is -0.137. The summed E-state index contributed by atoms with van der Waals surface area (Å²) in [5, 5.41) is 18.1. The van der Waals surface area contributed by atoms with Gasteiger partial charge in [-0.25, -0.2) is 0 Å². The van der Waals surface area contributed by atoms with E-state index in [2.05, 4.69) is 15.5 Å². The van der Waals surface area contributed by atoms with Crippen LogP contribution in [0.15, 0.2) is 12.3 Å². The Kier molecular flexibility index (Phi) is 3.98. The van der Waals surface area contributed by atoms with Crippen molar-refractivity contribution < 1.29 is 9.90 Å². The summed E-state index contributed by atoms with van der Waals surface area (Å²) in [5.41, 5.74) is 1.01. The van der Waals surface area contributed by atoms with Crippen molar-refractivity contribution in [1.82, 2.24) is 15.5 Å². The van der Waals surface area contributed by atoms with Crippen LogP contribution in [-0.2, 0) is 11.3 Å². The second-order valence-electron chi connectivity index (χ2n) is 2.76. The third kappa shape index (κ3) is 4.27. The molecule has 72 valence electrons. The SMILES string of the molecule is O=C(O)CCCNCc1ccn[nH]1. The van der Waals surface area contributed by atoms with Gasteiger partial charge in [-0.1, -0.05) is 0 Å². The third-order valence-electron chi connectivity index (χ3n) is 1.62. The Morgan fingerprint density at radius 3 is 3.15 bits per heavy atom. The van der Waals surface area contributed by atoms with Crippen LogP contribution in [0.5, 0.6) is 0 Å². The van der Waals surface area contributed by atoms with Crippen LogP contribution in [0.3, 0.4) is 0 Å². The van der Waals surface area contributed by atoms with E-state index in [0.717, 1.165) is 5.69 Å². The monoisotopic (exact) mass is 183 g/mol. The van der Waals surface area contributed by atoms with Crippen molar-refractivity contribution in [3.05, 3.63) is 18.0 Å². The lowest BCUT2D eigenvalue weighted by Gasteiger charge is -2.00. The number of nitrogens with one attached hydrogen (secondary N) is 2. The standard InChI is InChI=1S/C8H13N3O2/c12-8(13)2-1-4-9-6-7-3-5-10-11-7/h3,5,9H,1-2,4,6H2,(H,10,11)(H,12,13). The van der Waals surface area contributed by atoms with Crippen molar-refractivity contribution in [3.63, 3.8) is 0 Å². The fraction of sp³-hybridized carbons (Fsp3) is 0.500. The lowest BCUT2D eigenvalue weighted by Crippen LogP contribution is -2.15. The molecule has 1 aromatic rings. The normalized spacial score (nSPS) is 10.2. The number of carboxylic acids is 1. The van der Waals surface area contributed by atoms with E-state index in [9.17, 15) is 4.79 Å². The summed E-state index contributed by atoms with van der Waals surface area (Å²) in [6, 6.07) is 1.88. The highest BCUT2D eigenvalue weighted by molar-refractivity contribution is 5.66. The number of hydrogen-bond acceptors (Lipinski definition) is 3. The van der Waals surface area contributed by atoms with E-state index in [1.54, 1.807) is 6.20 Å². The van der Waals surface area contributed by atoms with Crippen molar-refractivity contribution >= 4 is 5.97 Å². The first-order valence-electron chi connectivity index (χ1n) is 4.20. The summed E-state index contributed by atoms with van der Waals surface area (Å²) in [6.45, 7) is 1.42. The van der Waals surface area contributed by atoms with E-state index >= 15 is 0 Å². The quantitative estimate of drug-likeness (QED) is 0.556. The fourth-order valence-corrected chi connectivity index (χ4v) is 0.971. The van der Waals surface area contributed by atoms with Gasteiger partial charge < -0.3 is 10.4 Å². The smallest absolute Gasteiger partial charge is 0.303 e. The van der Waals surface area contributed by atoms with Crippen molar-refractivity contribution in [3.8, 4) is 0 Å². The minimum absolute atomic E-state index is 0.218. The number of H-pyrrole nitrogens is 1. The zero-order valence-corrected chi connectivity index (χ0v) is 7.29. The summed E-state index contributed by atoms with van der Waals surface area (Å²) in [4.78, 5) is 10.1. The molecule has 0 spiro atoms. The second kappa shape index (κ2) is 5.31. The highest BCUT2D eigenvalue weighted by atomic mass is 16.4. The highest BCUT2D eigenvalue weighted by Crippen LogP contribution is 1.91. The first-order chi connectivity index (χ1) is 6.29. The number of aromatic nitrogens is 2. The third-order valence-corrected chi connectivity index (χ3v) is 1.62. The first kappa shape index (κ1) is 9.73. The first-order valence-corrected chi connectivity index (χ1v) is 4.20. The van der Waals surface area contributed by atoms with Gasteiger partial charge in [0.2, 0.25) is 0 Å². The Hall–Kier alpha value is -1.36. The van der Waals surface area contributed by atoms with Crippen LogP contribution in [0.4, 0.5) is 0 Å². The molecule has 0 aliphatic carbocycles. The summed E-state index contributed by atoms with van der Waals surface area (Å²) in [6.07, 6.45) is 2.56. The Labute approximate surface area is 76.2 Å². The fourth-order valence-electron chi connectivity index (χ4n) is 0.971. The lowest BCUT2D eigenvalue weighted by atomic mass is 10.3. The molecule has 0 aliphatic heterocycles. The van der Waals surface area contributed by atoms with Crippen molar-refractivity contribution in [1.29, 1.82) is 0 Å². The number of aliphatic carboxylic acids is 1. The number of aromatic amines is 1. The second-order valence-corrected chi connectivity index (χ2v) is 2.76. The minimum Gasteiger partial charge on any atom is -0.481 e. The van der Waals surface area contributed by atoms with Gasteiger partial charge in [0.1, 0.15) is 0 Å². The van der Waals surface area contributed by atoms with Gasteiger partial charge in [0.25, 0.3) is 0 Å². The number of nitrogens with zero attached hydrogens (tertiary/aromatic N) is 1. The van der Waals surface area contributed by atoms with E-state index in [0.29, 0.717) is 19.5 Å². The summed E-state index contributed by atoms with van der Waals surface area (Å²) in [7, 11) is 0. The van der Waals surface area contributed by atoms with E-state index in [1.807, 2.05) is 6.07 Å². The van der Waals surface area contributed by atoms with Crippen LogP contribution in [0.2, 0.25) is 0 Å². The predicted octanol–water partition coefficient (Wildman–Crippen LogP) is 0.364. The topological polar surface area (TPSA) is 78.0 Å². The molecule has 0 saturated carbocycles. The molecule has 0 aliphatic rings. The average Bonchev–Trinajstić information content (AvgIpc) is 2.55. The summed E-state index contributed by atoms with van der Waals surface area (Å²) >= 11 is 0. The van der Waals surface area contributed by atoms with Gasteiger partial charge >= 0.3 is 5.97 Å². The van der Waals surface area contributed by atoms with Crippen LogP contribution in [0.1, 0.15) is 18.5 Å². The average molecular weight is 183 g/mol. The Bertz CT molecular complexity index is 246. The van der Waals surface area contributed by atoms with Crippen LogP contribution in [0.25, 0.3) is 0 Å².